The minimum atomic E-state index is 0.354. The quantitative estimate of drug-likeness (QED) is 0.694. The van der Waals surface area contributed by atoms with Gasteiger partial charge in [-0.15, -0.1) is 0 Å². The monoisotopic (exact) mass is 319 g/mol. The average Bonchev–Trinajstić information content (AvgIpc) is 2.77. The Balaban J connectivity index is 1.79. The molecule has 4 rings (SSSR count). The van der Waals surface area contributed by atoms with Crippen LogP contribution in [0, 0.1) is 27.7 Å². The van der Waals surface area contributed by atoms with E-state index in [0.29, 0.717) is 11.5 Å². The maximum Gasteiger partial charge on any atom is 0.0398 e. The van der Waals surface area contributed by atoms with Crippen LogP contribution in [0.25, 0.3) is 0 Å². The van der Waals surface area contributed by atoms with Crippen LogP contribution in [-0.4, -0.2) is 12.6 Å². The van der Waals surface area contributed by atoms with Gasteiger partial charge in [-0.2, -0.15) is 0 Å². The zero-order chi connectivity index (χ0) is 16.9. The van der Waals surface area contributed by atoms with E-state index in [1.807, 2.05) is 0 Å². The van der Waals surface area contributed by atoms with E-state index in [4.69, 9.17) is 0 Å². The molecular weight excluding hydrogens is 290 g/mol. The van der Waals surface area contributed by atoms with Crippen LogP contribution in [0.3, 0.4) is 0 Å². The number of anilines is 1. The van der Waals surface area contributed by atoms with Gasteiger partial charge in [-0.3, -0.25) is 0 Å². The van der Waals surface area contributed by atoms with Gasteiger partial charge < -0.3 is 4.90 Å². The molecule has 1 heteroatoms. The molecule has 2 aromatic rings. The van der Waals surface area contributed by atoms with E-state index < -0.39 is 0 Å². The largest absolute Gasteiger partial charge is 0.367 e. The lowest BCUT2D eigenvalue weighted by Crippen LogP contribution is -2.32. The first-order valence-corrected chi connectivity index (χ1v) is 9.41. The average molecular weight is 319 g/mol. The highest BCUT2D eigenvalue weighted by Gasteiger charge is 2.48. The molecule has 2 aromatic carbocycles. The molecule has 2 aliphatic rings. The van der Waals surface area contributed by atoms with Crippen LogP contribution in [0.1, 0.15) is 53.5 Å². The molecule has 126 valence electrons. The standard InChI is InChI=1S/C23H29N/c1-16-12-18(3)22(19(4)13-16)23-11-7-9-20(14-23)24(15-23)21-10-6-5-8-17(21)2/h5-6,8,10,12-13,20H,7,9,11,14-15H2,1-4H3. The van der Waals surface area contributed by atoms with Gasteiger partial charge in [0.25, 0.3) is 0 Å². The van der Waals surface area contributed by atoms with Crippen molar-refractivity contribution in [2.24, 2.45) is 0 Å². The Kier molecular flexibility index (Phi) is 3.71. The lowest BCUT2D eigenvalue weighted by Gasteiger charge is -2.35. The Morgan fingerprint density at radius 2 is 1.67 bits per heavy atom. The first-order valence-electron chi connectivity index (χ1n) is 9.41. The van der Waals surface area contributed by atoms with Crippen molar-refractivity contribution < 1.29 is 0 Å². The SMILES string of the molecule is Cc1cc(C)c(C23CCCC(C2)N(c2ccccc2C)C3)c(C)c1. The first kappa shape index (κ1) is 15.7. The molecule has 0 aromatic heterocycles. The zero-order valence-corrected chi connectivity index (χ0v) is 15.5. The zero-order valence-electron chi connectivity index (χ0n) is 15.5. The normalized spacial score (nSPS) is 26.0. The summed E-state index contributed by atoms with van der Waals surface area (Å²) < 4.78 is 0. The number of fused-ring (bicyclic) bond motifs is 2. The van der Waals surface area contributed by atoms with E-state index in [1.54, 1.807) is 5.56 Å². The number of aryl methyl sites for hydroxylation is 4. The van der Waals surface area contributed by atoms with E-state index in [-0.39, 0.29) is 0 Å². The van der Waals surface area contributed by atoms with Gasteiger partial charge in [0.1, 0.15) is 0 Å². The molecule has 1 aliphatic heterocycles. The van der Waals surface area contributed by atoms with Crippen molar-refractivity contribution in [3.05, 3.63) is 64.2 Å². The van der Waals surface area contributed by atoms with Gasteiger partial charge in [0, 0.05) is 23.7 Å². The van der Waals surface area contributed by atoms with Gasteiger partial charge >= 0.3 is 0 Å². The summed E-state index contributed by atoms with van der Waals surface area (Å²) in [5, 5.41) is 0. The van der Waals surface area contributed by atoms with Crippen LogP contribution in [0.2, 0.25) is 0 Å². The molecule has 1 saturated heterocycles. The number of para-hydroxylation sites is 1. The van der Waals surface area contributed by atoms with Crippen molar-refractivity contribution in [3.63, 3.8) is 0 Å². The van der Waals surface area contributed by atoms with Crippen LogP contribution in [0.15, 0.2) is 36.4 Å². The summed E-state index contributed by atoms with van der Waals surface area (Å²) in [6.07, 6.45) is 5.38. The molecule has 1 aliphatic carbocycles. The maximum absolute atomic E-state index is 2.72. The maximum atomic E-state index is 2.72. The second-order valence-electron chi connectivity index (χ2n) is 8.22. The summed E-state index contributed by atoms with van der Waals surface area (Å²) in [6, 6.07) is 14.4. The summed E-state index contributed by atoms with van der Waals surface area (Å²) >= 11 is 0. The topological polar surface area (TPSA) is 3.24 Å². The lowest BCUT2D eigenvalue weighted by molar-refractivity contribution is 0.349. The molecule has 2 atom stereocenters. The highest BCUT2D eigenvalue weighted by molar-refractivity contribution is 5.58. The van der Waals surface area contributed by atoms with Gasteiger partial charge in [0.15, 0.2) is 0 Å². The van der Waals surface area contributed by atoms with Crippen LogP contribution >= 0.6 is 0 Å². The minimum Gasteiger partial charge on any atom is -0.367 e. The fourth-order valence-electron chi connectivity index (χ4n) is 5.69. The molecule has 1 nitrogen and oxygen atoms in total. The molecule has 2 bridgehead atoms. The molecule has 2 unspecified atom stereocenters. The van der Waals surface area contributed by atoms with Crippen molar-refractivity contribution in [2.45, 2.75) is 64.8 Å². The Morgan fingerprint density at radius 3 is 2.38 bits per heavy atom. The number of hydrogen-bond donors (Lipinski definition) is 0. The van der Waals surface area contributed by atoms with Crippen LogP contribution in [0.5, 0.6) is 0 Å². The van der Waals surface area contributed by atoms with E-state index in [2.05, 4.69) is 69.0 Å². The number of nitrogens with zero attached hydrogens (tertiary/aromatic N) is 1. The predicted molar refractivity (Wildman–Crippen MR) is 103 cm³/mol. The fourth-order valence-corrected chi connectivity index (χ4v) is 5.69. The molecule has 0 spiro atoms. The molecule has 1 heterocycles. The Morgan fingerprint density at radius 1 is 0.958 bits per heavy atom. The highest BCUT2D eigenvalue weighted by atomic mass is 15.2. The summed E-state index contributed by atoms with van der Waals surface area (Å²) in [5.41, 5.74) is 9.26. The molecule has 1 saturated carbocycles. The molecule has 24 heavy (non-hydrogen) atoms. The van der Waals surface area contributed by atoms with Gasteiger partial charge in [0.05, 0.1) is 0 Å². The van der Waals surface area contributed by atoms with Crippen LogP contribution in [0.4, 0.5) is 5.69 Å². The van der Waals surface area contributed by atoms with Gasteiger partial charge in [0.2, 0.25) is 0 Å². The van der Waals surface area contributed by atoms with E-state index in [1.165, 1.54) is 60.2 Å². The second kappa shape index (κ2) is 5.65. The Labute approximate surface area is 146 Å². The van der Waals surface area contributed by atoms with Crippen LogP contribution < -0.4 is 4.90 Å². The predicted octanol–water partition coefficient (Wildman–Crippen LogP) is 5.62. The van der Waals surface area contributed by atoms with Gasteiger partial charge in [-0.1, -0.05) is 42.3 Å². The van der Waals surface area contributed by atoms with Gasteiger partial charge in [-0.25, -0.2) is 0 Å². The number of benzene rings is 2. The summed E-state index contributed by atoms with van der Waals surface area (Å²) in [6.45, 7) is 10.3. The molecule has 0 radical (unpaired) electrons. The molecular formula is C23H29N. The molecule has 0 amide bonds. The van der Waals surface area contributed by atoms with Crippen molar-refractivity contribution in [1.29, 1.82) is 0 Å². The van der Waals surface area contributed by atoms with Crippen molar-refractivity contribution in [3.8, 4) is 0 Å². The molecule has 2 fully saturated rings. The first-order chi connectivity index (χ1) is 11.5. The lowest BCUT2D eigenvalue weighted by atomic mass is 9.68. The summed E-state index contributed by atoms with van der Waals surface area (Å²) in [7, 11) is 0. The summed E-state index contributed by atoms with van der Waals surface area (Å²) in [5.74, 6) is 0. The third-order valence-corrected chi connectivity index (χ3v) is 6.37. The Bertz CT molecular complexity index is 752. The van der Waals surface area contributed by atoms with Crippen molar-refractivity contribution in [2.75, 3.05) is 11.4 Å². The second-order valence-corrected chi connectivity index (χ2v) is 8.22. The number of hydrogen-bond acceptors (Lipinski definition) is 1. The van der Waals surface area contributed by atoms with E-state index in [9.17, 15) is 0 Å². The van der Waals surface area contributed by atoms with Crippen LogP contribution in [-0.2, 0) is 5.41 Å². The van der Waals surface area contributed by atoms with E-state index >= 15 is 0 Å². The molecule has 0 N–H and O–H groups in total. The summed E-state index contributed by atoms with van der Waals surface area (Å²) in [4.78, 5) is 2.72. The third kappa shape index (κ3) is 2.37. The highest BCUT2D eigenvalue weighted by Crippen LogP contribution is 2.50. The van der Waals surface area contributed by atoms with Crippen molar-refractivity contribution in [1.82, 2.24) is 0 Å². The third-order valence-electron chi connectivity index (χ3n) is 6.37. The number of rotatable bonds is 2. The van der Waals surface area contributed by atoms with Gasteiger partial charge in [-0.05, 0) is 75.3 Å². The Hall–Kier alpha value is -1.76. The minimum absolute atomic E-state index is 0.354. The fraction of sp³-hybridized carbons (Fsp3) is 0.478. The van der Waals surface area contributed by atoms with E-state index in [0.717, 1.165) is 0 Å². The van der Waals surface area contributed by atoms with Crippen molar-refractivity contribution >= 4 is 5.69 Å². The smallest absolute Gasteiger partial charge is 0.0398 e.